The number of aryl methyl sites for hydroxylation is 2. The number of nitrogens with zero attached hydrogens (tertiary/aromatic N) is 6. The van der Waals surface area contributed by atoms with Crippen molar-refractivity contribution in [3.05, 3.63) is 52.3 Å². The average Bonchev–Trinajstić information content (AvgIpc) is 3.18. The van der Waals surface area contributed by atoms with Gasteiger partial charge in [0.1, 0.15) is 5.01 Å². The van der Waals surface area contributed by atoms with Crippen LogP contribution in [0.2, 0.25) is 0 Å². The minimum Gasteiger partial charge on any atom is -0.228 e. The fourth-order valence-corrected chi connectivity index (χ4v) is 4.38. The zero-order chi connectivity index (χ0) is 19.9. The summed E-state index contributed by atoms with van der Waals surface area (Å²) < 4.78 is 40.4. The van der Waals surface area contributed by atoms with Crippen molar-refractivity contribution in [3.8, 4) is 11.4 Å². The van der Waals surface area contributed by atoms with Gasteiger partial charge in [-0.25, -0.2) is 9.97 Å². The lowest BCUT2D eigenvalue weighted by molar-refractivity contribution is -0.137. The minimum atomic E-state index is -4.42. The molecule has 28 heavy (non-hydrogen) atoms. The number of fused-ring (bicyclic) bond motifs is 1. The Morgan fingerprint density at radius 3 is 2.54 bits per heavy atom. The smallest absolute Gasteiger partial charge is 0.228 e. The van der Waals surface area contributed by atoms with Crippen molar-refractivity contribution in [2.75, 3.05) is 0 Å². The van der Waals surface area contributed by atoms with Crippen molar-refractivity contribution in [1.82, 2.24) is 29.8 Å². The molecule has 4 aromatic rings. The normalized spacial score (nSPS) is 12.0. The van der Waals surface area contributed by atoms with Crippen LogP contribution in [0.25, 0.3) is 16.3 Å². The zero-order valence-electron chi connectivity index (χ0n) is 14.7. The summed E-state index contributed by atoms with van der Waals surface area (Å²) in [4.78, 5) is 9.27. The van der Waals surface area contributed by atoms with E-state index in [4.69, 9.17) is 0 Å². The van der Waals surface area contributed by atoms with Gasteiger partial charge in [0.2, 0.25) is 4.96 Å². The van der Waals surface area contributed by atoms with Crippen LogP contribution in [-0.2, 0) is 11.9 Å². The van der Waals surface area contributed by atoms with Crippen molar-refractivity contribution in [2.45, 2.75) is 30.9 Å². The number of rotatable bonds is 4. The van der Waals surface area contributed by atoms with Gasteiger partial charge in [-0.3, -0.25) is 0 Å². The van der Waals surface area contributed by atoms with E-state index in [1.807, 2.05) is 19.9 Å². The van der Waals surface area contributed by atoms with Crippen molar-refractivity contribution in [1.29, 1.82) is 0 Å². The summed E-state index contributed by atoms with van der Waals surface area (Å²) in [5, 5.41) is 13.9. The zero-order valence-corrected chi connectivity index (χ0v) is 16.4. The first-order valence-electron chi connectivity index (χ1n) is 8.13. The lowest BCUT2D eigenvalue weighted by Gasteiger charge is -2.07. The number of hydrogen-bond acceptors (Lipinski definition) is 7. The van der Waals surface area contributed by atoms with E-state index in [1.165, 1.54) is 33.7 Å². The molecule has 0 amide bonds. The van der Waals surface area contributed by atoms with E-state index in [9.17, 15) is 13.2 Å². The van der Waals surface area contributed by atoms with Crippen molar-refractivity contribution < 1.29 is 13.2 Å². The highest BCUT2D eigenvalue weighted by atomic mass is 32.2. The fourth-order valence-electron chi connectivity index (χ4n) is 2.61. The molecule has 0 fully saturated rings. The van der Waals surface area contributed by atoms with Crippen LogP contribution < -0.4 is 0 Å². The molecule has 3 heterocycles. The monoisotopic (exact) mass is 422 g/mol. The largest absolute Gasteiger partial charge is 0.416 e. The number of hydrogen-bond donors (Lipinski definition) is 0. The van der Waals surface area contributed by atoms with E-state index >= 15 is 0 Å². The van der Waals surface area contributed by atoms with Crippen LogP contribution in [0.1, 0.15) is 22.0 Å². The predicted octanol–water partition coefficient (Wildman–Crippen LogP) is 4.57. The standard InChI is InChI=1S/C17H13F3N6S2/c1-9-6-10(2)22-15(21-9)27-8-13-25-26-14(23-24-16(26)28-13)11-4-3-5-12(7-11)17(18,19)20/h3-7H,8H2,1-2H3. The summed E-state index contributed by atoms with van der Waals surface area (Å²) in [6, 6.07) is 6.87. The first kappa shape index (κ1) is 18.8. The van der Waals surface area contributed by atoms with Crippen LogP contribution in [0.5, 0.6) is 0 Å². The molecule has 0 atom stereocenters. The lowest BCUT2D eigenvalue weighted by Crippen LogP contribution is -2.05. The summed E-state index contributed by atoms with van der Waals surface area (Å²) in [6.07, 6.45) is -4.42. The third-order valence-corrected chi connectivity index (χ3v) is 5.71. The number of benzene rings is 1. The van der Waals surface area contributed by atoms with Gasteiger partial charge in [0.25, 0.3) is 0 Å². The molecule has 144 valence electrons. The molecule has 0 N–H and O–H groups in total. The Balaban J connectivity index is 1.60. The highest BCUT2D eigenvalue weighted by Crippen LogP contribution is 2.32. The van der Waals surface area contributed by atoms with E-state index in [0.717, 1.165) is 28.5 Å². The molecule has 0 unspecified atom stereocenters. The van der Waals surface area contributed by atoms with E-state index in [1.54, 1.807) is 6.07 Å². The predicted molar refractivity (Wildman–Crippen MR) is 100 cm³/mol. The van der Waals surface area contributed by atoms with Crippen LogP contribution in [0, 0.1) is 13.8 Å². The van der Waals surface area contributed by atoms with Gasteiger partial charge in [-0.05, 0) is 32.0 Å². The number of alkyl halides is 3. The van der Waals surface area contributed by atoms with E-state index in [0.29, 0.717) is 21.4 Å². The average molecular weight is 422 g/mol. The van der Waals surface area contributed by atoms with Crippen LogP contribution in [0.15, 0.2) is 35.5 Å². The number of thioether (sulfide) groups is 1. The molecular formula is C17H13F3N6S2. The van der Waals surface area contributed by atoms with Gasteiger partial charge in [-0.15, -0.1) is 10.2 Å². The van der Waals surface area contributed by atoms with Gasteiger partial charge in [0.05, 0.1) is 11.3 Å². The fraction of sp³-hybridized carbons (Fsp3) is 0.235. The summed E-state index contributed by atoms with van der Waals surface area (Å²) in [5.74, 6) is 0.801. The maximum Gasteiger partial charge on any atom is 0.416 e. The first-order chi connectivity index (χ1) is 13.3. The Morgan fingerprint density at radius 2 is 1.82 bits per heavy atom. The summed E-state index contributed by atoms with van der Waals surface area (Å²) in [7, 11) is 0. The van der Waals surface area contributed by atoms with Crippen molar-refractivity contribution in [3.63, 3.8) is 0 Å². The Kier molecular flexibility index (Phi) is 4.79. The second kappa shape index (κ2) is 7.13. The highest BCUT2D eigenvalue weighted by molar-refractivity contribution is 7.98. The van der Waals surface area contributed by atoms with Crippen LogP contribution in [0.4, 0.5) is 13.2 Å². The molecule has 0 aliphatic carbocycles. The van der Waals surface area contributed by atoms with E-state index < -0.39 is 11.7 Å². The first-order valence-corrected chi connectivity index (χ1v) is 9.93. The Labute approximate surface area is 165 Å². The van der Waals surface area contributed by atoms with Gasteiger partial charge in [0.15, 0.2) is 11.0 Å². The Bertz CT molecular complexity index is 1130. The summed E-state index contributed by atoms with van der Waals surface area (Å²) >= 11 is 2.77. The molecule has 6 nitrogen and oxygen atoms in total. The SMILES string of the molecule is Cc1cc(C)nc(SCc2nn3c(-c4cccc(C(F)(F)F)c4)nnc3s2)n1. The molecule has 0 aliphatic rings. The Hall–Kier alpha value is -2.53. The molecule has 0 bridgehead atoms. The number of halogens is 3. The molecular weight excluding hydrogens is 409 g/mol. The summed E-state index contributed by atoms with van der Waals surface area (Å²) in [5.41, 5.74) is 1.35. The van der Waals surface area contributed by atoms with Crippen molar-refractivity contribution in [2.24, 2.45) is 0 Å². The van der Waals surface area contributed by atoms with Crippen LogP contribution >= 0.6 is 23.1 Å². The second-order valence-electron chi connectivity index (χ2n) is 6.01. The molecule has 3 aromatic heterocycles. The van der Waals surface area contributed by atoms with E-state index in [-0.39, 0.29) is 5.82 Å². The van der Waals surface area contributed by atoms with Crippen molar-refractivity contribution >= 4 is 28.1 Å². The lowest BCUT2D eigenvalue weighted by atomic mass is 10.1. The number of aromatic nitrogens is 6. The molecule has 0 aliphatic heterocycles. The third kappa shape index (κ3) is 3.85. The van der Waals surface area contributed by atoms with Gasteiger partial charge in [-0.1, -0.05) is 35.2 Å². The van der Waals surface area contributed by atoms with Gasteiger partial charge in [-0.2, -0.15) is 22.8 Å². The molecule has 0 spiro atoms. The second-order valence-corrected chi connectivity index (χ2v) is 8.00. The molecule has 11 heteroatoms. The topological polar surface area (TPSA) is 68.9 Å². The highest BCUT2D eigenvalue weighted by Gasteiger charge is 2.31. The summed E-state index contributed by atoms with van der Waals surface area (Å²) in [6.45, 7) is 3.81. The van der Waals surface area contributed by atoms with Crippen LogP contribution in [-0.4, -0.2) is 29.8 Å². The van der Waals surface area contributed by atoms with Crippen LogP contribution in [0.3, 0.4) is 0 Å². The maximum atomic E-state index is 13.0. The molecule has 1 aromatic carbocycles. The molecule has 0 saturated heterocycles. The van der Waals surface area contributed by atoms with E-state index in [2.05, 4.69) is 25.3 Å². The molecule has 0 saturated carbocycles. The van der Waals surface area contributed by atoms with Gasteiger partial charge < -0.3 is 0 Å². The minimum absolute atomic E-state index is 0.274. The van der Waals surface area contributed by atoms with Gasteiger partial charge in [0, 0.05) is 17.0 Å². The third-order valence-electron chi connectivity index (χ3n) is 3.77. The maximum absolute atomic E-state index is 13.0. The quantitative estimate of drug-likeness (QED) is 0.354. The van der Waals surface area contributed by atoms with Gasteiger partial charge >= 0.3 is 6.18 Å². The Morgan fingerprint density at radius 1 is 1.07 bits per heavy atom. The molecule has 0 radical (unpaired) electrons. The molecule has 4 rings (SSSR count).